The van der Waals surface area contributed by atoms with Crippen LogP contribution in [0.3, 0.4) is 0 Å². The van der Waals surface area contributed by atoms with Crippen molar-refractivity contribution in [2.75, 3.05) is 13.1 Å². The van der Waals surface area contributed by atoms with Gasteiger partial charge in [-0.15, -0.1) is 10.2 Å². The number of hydrogen-bond acceptors (Lipinski definition) is 4. The Balaban J connectivity index is 1.40. The van der Waals surface area contributed by atoms with Crippen molar-refractivity contribution in [2.24, 2.45) is 0 Å². The van der Waals surface area contributed by atoms with Crippen LogP contribution in [0.2, 0.25) is 0 Å². The summed E-state index contributed by atoms with van der Waals surface area (Å²) in [5, 5.41) is 19.6. The number of aromatic nitrogens is 3. The van der Waals surface area contributed by atoms with E-state index < -0.39 is 0 Å². The zero-order valence-electron chi connectivity index (χ0n) is 14.1. The fraction of sp³-hybridized carbons (Fsp3) is 0.400. The summed E-state index contributed by atoms with van der Waals surface area (Å²) >= 11 is 0. The summed E-state index contributed by atoms with van der Waals surface area (Å²) in [6.07, 6.45) is 4.85. The maximum absolute atomic E-state index is 10.8. The number of benzene rings is 1. The molecule has 5 heteroatoms. The highest BCUT2D eigenvalue weighted by molar-refractivity contribution is 5.38. The number of pyridine rings is 1. The molecule has 0 spiro atoms. The zero-order valence-corrected chi connectivity index (χ0v) is 14.1. The lowest BCUT2D eigenvalue weighted by molar-refractivity contribution is 0.0431. The van der Waals surface area contributed by atoms with Crippen molar-refractivity contribution in [3.63, 3.8) is 0 Å². The third-order valence-corrected chi connectivity index (χ3v) is 5.79. The second-order valence-corrected chi connectivity index (χ2v) is 7.24. The van der Waals surface area contributed by atoms with Crippen LogP contribution in [0.15, 0.2) is 48.7 Å². The van der Waals surface area contributed by atoms with Crippen molar-refractivity contribution >= 4 is 5.65 Å². The number of rotatable bonds is 2. The summed E-state index contributed by atoms with van der Waals surface area (Å²) < 4.78 is 2.11. The molecule has 3 unspecified atom stereocenters. The minimum absolute atomic E-state index is 0.180. The van der Waals surface area contributed by atoms with Gasteiger partial charge in [-0.05, 0) is 49.1 Å². The van der Waals surface area contributed by atoms with Crippen LogP contribution in [0, 0.1) is 0 Å². The highest BCUT2D eigenvalue weighted by Crippen LogP contribution is 2.37. The van der Waals surface area contributed by atoms with E-state index in [1.807, 2.05) is 30.5 Å². The van der Waals surface area contributed by atoms with Gasteiger partial charge in [-0.2, -0.15) is 0 Å². The summed E-state index contributed by atoms with van der Waals surface area (Å²) in [5.41, 5.74) is 3.29. The molecule has 1 aliphatic carbocycles. The van der Waals surface area contributed by atoms with Crippen molar-refractivity contribution < 1.29 is 5.11 Å². The number of aliphatic hydroxyl groups is 1. The van der Waals surface area contributed by atoms with Crippen molar-refractivity contribution in [3.05, 3.63) is 65.6 Å². The molecule has 2 aliphatic rings. The van der Waals surface area contributed by atoms with Gasteiger partial charge in [-0.25, -0.2) is 0 Å². The minimum Gasteiger partial charge on any atom is -0.387 e. The van der Waals surface area contributed by atoms with Crippen molar-refractivity contribution in [3.8, 4) is 0 Å². The average molecular weight is 334 g/mol. The van der Waals surface area contributed by atoms with Crippen LogP contribution < -0.4 is 0 Å². The molecule has 1 aliphatic heterocycles. The van der Waals surface area contributed by atoms with Gasteiger partial charge in [-0.3, -0.25) is 9.30 Å². The van der Waals surface area contributed by atoms with Crippen molar-refractivity contribution in [1.29, 1.82) is 0 Å². The molecule has 128 valence electrons. The van der Waals surface area contributed by atoms with E-state index in [1.54, 1.807) is 0 Å². The summed E-state index contributed by atoms with van der Waals surface area (Å²) in [4.78, 5) is 2.46. The number of hydrogen-bond donors (Lipinski definition) is 1. The molecule has 0 bridgehead atoms. The SMILES string of the molecule is OC1c2ccccc2CC1N1CCCC(c2nnc3ccccn23)C1. The molecular formula is C20H22N4O. The molecule has 1 N–H and O–H groups in total. The van der Waals surface area contributed by atoms with Gasteiger partial charge in [0, 0.05) is 24.7 Å². The van der Waals surface area contributed by atoms with Crippen LogP contribution in [0.4, 0.5) is 0 Å². The van der Waals surface area contributed by atoms with E-state index in [1.165, 1.54) is 5.56 Å². The Morgan fingerprint density at radius 2 is 1.92 bits per heavy atom. The van der Waals surface area contributed by atoms with Gasteiger partial charge in [0.15, 0.2) is 5.65 Å². The van der Waals surface area contributed by atoms with Crippen LogP contribution in [-0.2, 0) is 6.42 Å². The van der Waals surface area contributed by atoms with Gasteiger partial charge in [-0.1, -0.05) is 30.3 Å². The average Bonchev–Trinajstić information content (AvgIpc) is 3.24. The molecule has 5 nitrogen and oxygen atoms in total. The van der Waals surface area contributed by atoms with Crippen LogP contribution in [0.1, 0.15) is 41.8 Å². The Morgan fingerprint density at radius 3 is 2.84 bits per heavy atom. The summed E-state index contributed by atoms with van der Waals surface area (Å²) in [6.45, 7) is 1.98. The number of piperidine rings is 1. The molecule has 25 heavy (non-hydrogen) atoms. The third kappa shape index (κ3) is 2.46. The van der Waals surface area contributed by atoms with Gasteiger partial charge < -0.3 is 5.11 Å². The second-order valence-electron chi connectivity index (χ2n) is 7.24. The van der Waals surface area contributed by atoms with Gasteiger partial charge in [0.05, 0.1) is 6.10 Å². The monoisotopic (exact) mass is 334 g/mol. The molecule has 0 radical (unpaired) electrons. The van der Waals surface area contributed by atoms with E-state index in [-0.39, 0.29) is 12.1 Å². The molecule has 3 aromatic rings. The first kappa shape index (κ1) is 15.0. The highest BCUT2D eigenvalue weighted by Gasteiger charge is 2.37. The smallest absolute Gasteiger partial charge is 0.160 e. The third-order valence-electron chi connectivity index (χ3n) is 5.79. The predicted molar refractivity (Wildman–Crippen MR) is 95.4 cm³/mol. The Bertz CT molecular complexity index is 905. The number of likely N-dealkylation sites (tertiary alicyclic amines) is 1. The normalized spacial score (nSPS) is 26.8. The van der Waals surface area contributed by atoms with Crippen LogP contribution in [-0.4, -0.2) is 43.7 Å². The first-order valence-electron chi connectivity index (χ1n) is 9.11. The van der Waals surface area contributed by atoms with Gasteiger partial charge in [0.1, 0.15) is 5.82 Å². The Labute approximate surface area is 146 Å². The molecule has 2 aromatic heterocycles. The molecular weight excluding hydrogens is 312 g/mol. The number of aliphatic hydroxyl groups excluding tert-OH is 1. The molecule has 0 amide bonds. The first-order chi connectivity index (χ1) is 12.3. The quantitative estimate of drug-likeness (QED) is 0.783. The molecule has 3 heterocycles. The fourth-order valence-corrected chi connectivity index (χ4v) is 4.54. The van der Waals surface area contributed by atoms with Crippen LogP contribution in [0.25, 0.3) is 5.65 Å². The summed E-state index contributed by atoms with van der Waals surface area (Å²) in [7, 11) is 0. The fourth-order valence-electron chi connectivity index (χ4n) is 4.54. The van der Waals surface area contributed by atoms with E-state index in [4.69, 9.17) is 0 Å². The van der Waals surface area contributed by atoms with Gasteiger partial charge in [0.2, 0.25) is 0 Å². The first-order valence-corrected chi connectivity index (χ1v) is 9.11. The lowest BCUT2D eigenvalue weighted by Gasteiger charge is -2.37. The largest absolute Gasteiger partial charge is 0.387 e. The topological polar surface area (TPSA) is 53.7 Å². The maximum Gasteiger partial charge on any atom is 0.160 e. The Kier molecular flexibility index (Phi) is 3.57. The van der Waals surface area contributed by atoms with E-state index >= 15 is 0 Å². The van der Waals surface area contributed by atoms with E-state index in [0.29, 0.717) is 5.92 Å². The highest BCUT2D eigenvalue weighted by atomic mass is 16.3. The van der Waals surface area contributed by atoms with E-state index in [9.17, 15) is 5.11 Å². The van der Waals surface area contributed by atoms with E-state index in [0.717, 1.165) is 49.4 Å². The van der Waals surface area contributed by atoms with Crippen LogP contribution in [0.5, 0.6) is 0 Å². The molecule has 1 saturated heterocycles. The maximum atomic E-state index is 10.8. The molecule has 0 saturated carbocycles. The number of fused-ring (bicyclic) bond motifs is 2. The van der Waals surface area contributed by atoms with Crippen molar-refractivity contribution in [2.45, 2.75) is 37.3 Å². The summed E-state index contributed by atoms with van der Waals surface area (Å²) in [6, 6.07) is 14.5. The molecule has 1 fully saturated rings. The Hall–Kier alpha value is -2.24. The van der Waals surface area contributed by atoms with Crippen LogP contribution >= 0.6 is 0 Å². The number of nitrogens with zero attached hydrogens (tertiary/aromatic N) is 4. The van der Waals surface area contributed by atoms with Crippen molar-refractivity contribution in [1.82, 2.24) is 19.5 Å². The van der Waals surface area contributed by atoms with E-state index in [2.05, 4.69) is 37.7 Å². The lowest BCUT2D eigenvalue weighted by Crippen LogP contribution is -2.44. The summed E-state index contributed by atoms with van der Waals surface area (Å²) in [5.74, 6) is 1.41. The molecule has 1 aromatic carbocycles. The standard InChI is InChI=1S/C20H22N4O/c25-19-16-8-2-1-6-14(16)12-17(19)23-10-5-7-15(13-23)20-22-21-18-9-3-4-11-24(18)20/h1-4,6,8-9,11,15,17,19,25H,5,7,10,12-13H2. The zero-order chi connectivity index (χ0) is 16.8. The molecule has 3 atom stereocenters. The van der Waals surface area contributed by atoms with Gasteiger partial charge in [0.25, 0.3) is 0 Å². The molecule has 5 rings (SSSR count). The minimum atomic E-state index is -0.384. The predicted octanol–water partition coefficient (Wildman–Crippen LogP) is 2.57. The lowest BCUT2D eigenvalue weighted by atomic mass is 9.95. The van der Waals surface area contributed by atoms with Gasteiger partial charge >= 0.3 is 0 Å². The second kappa shape index (κ2) is 5.93. The Morgan fingerprint density at radius 1 is 1.04 bits per heavy atom.